The van der Waals surface area contributed by atoms with Crippen LogP contribution in [0.15, 0.2) is 24.3 Å². The van der Waals surface area contributed by atoms with Crippen molar-refractivity contribution in [2.45, 2.75) is 19.8 Å². The summed E-state index contributed by atoms with van der Waals surface area (Å²) in [5, 5.41) is 9.15. The summed E-state index contributed by atoms with van der Waals surface area (Å²) in [6, 6.07) is 7.05. The molecule has 1 aliphatic heterocycles. The third-order valence-corrected chi connectivity index (χ3v) is 3.86. The lowest BCUT2D eigenvalue weighted by Crippen LogP contribution is -2.42. The van der Waals surface area contributed by atoms with E-state index in [0.717, 1.165) is 0 Å². The number of amides is 1. The highest BCUT2D eigenvalue weighted by Gasteiger charge is 2.29. The highest BCUT2D eigenvalue weighted by molar-refractivity contribution is 5.97. The average Bonchev–Trinajstić information content (AvgIpc) is 2.58. The van der Waals surface area contributed by atoms with Crippen molar-refractivity contribution in [1.82, 2.24) is 4.90 Å². The minimum atomic E-state index is -0.844. The van der Waals surface area contributed by atoms with Gasteiger partial charge in [-0.1, -0.05) is 12.1 Å². The van der Waals surface area contributed by atoms with Crippen LogP contribution in [0.1, 0.15) is 30.1 Å². The Balaban J connectivity index is 2.05. The minimum Gasteiger partial charge on any atom is -0.490 e. The van der Waals surface area contributed by atoms with Gasteiger partial charge in [-0.25, -0.2) is 0 Å². The first kappa shape index (κ1) is 17.3. The molecule has 1 saturated heterocycles. The molecule has 0 radical (unpaired) electrons. The fourth-order valence-electron chi connectivity index (χ4n) is 2.66. The van der Waals surface area contributed by atoms with Crippen LogP contribution in [0.25, 0.3) is 0 Å². The van der Waals surface area contributed by atoms with Crippen LogP contribution in [0.4, 0.5) is 0 Å². The van der Waals surface area contributed by atoms with Crippen molar-refractivity contribution in [3.05, 3.63) is 29.8 Å². The van der Waals surface area contributed by atoms with Gasteiger partial charge in [0, 0.05) is 19.7 Å². The van der Waals surface area contributed by atoms with E-state index in [-0.39, 0.29) is 12.5 Å². The molecule has 1 aliphatic rings. The monoisotopic (exact) mass is 321 g/mol. The zero-order valence-corrected chi connectivity index (χ0v) is 13.4. The molecule has 0 aliphatic carbocycles. The van der Waals surface area contributed by atoms with Gasteiger partial charge in [-0.15, -0.1) is 0 Å². The summed E-state index contributed by atoms with van der Waals surface area (Å²) in [6.07, 6.45) is 1.32. The Labute approximate surface area is 136 Å². The molecule has 23 heavy (non-hydrogen) atoms. The number of carboxylic acid groups (broad SMARTS) is 1. The summed E-state index contributed by atoms with van der Waals surface area (Å²) in [4.78, 5) is 25.5. The highest BCUT2D eigenvalue weighted by Crippen LogP contribution is 2.23. The molecule has 126 valence electrons. The molecule has 1 unspecified atom stereocenters. The minimum absolute atomic E-state index is 0.178. The fraction of sp³-hybridized carbons (Fsp3) is 0.529. The van der Waals surface area contributed by atoms with Gasteiger partial charge in [-0.2, -0.15) is 0 Å². The molecule has 1 N–H and O–H groups in total. The third kappa shape index (κ3) is 4.69. The zero-order valence-electron chi connectivity index (χ0n) is 13.4. The van der Waals surface area contributed by atoms with Gasteiger partial charge in [0.15, 0.2) is 0 Å². The molecular weight excluding hydrogens is 298 g/mol. The number of benzene rings is 1. The van der Waals surface area contributed by atoms with E-state index >= 15 is 0 Å². The molecule has 0 bridgehead atoms. The van der Waals surface area contributed by atoms with Gasteiger partial charge >= 0.3 is 5.97 Å². The summed E-state index contributed by atoms with van der Waals surface area (Å²) < 4.78 is 10.9. The average molecular weight is 321 g/mol. The highest BCUT2D eigenvalue weighted by atomic mass is 16.5. The van der Waals surface area contributed by atoms with Gasteiger partial charge in [0.2, 0.25) is 0 Å². The van der Waals surface area contributed by atoms with Gasteiger partial charge in [0.25, 0.3) is 5.91 Å². The van der Waals surface area contributed by atoms with E-state index in [1.54, 1.807) is 23.1 Å². The lowest BCUT2D eigenvalue weighted by atomic mass is 9.97. The third-order valence-electron chi connectivity index (χ3n) is 3.86. The van der Waals surface area contributed by atoms with E-state index in [4.69, 9.17) is 14.6 Å². The topological polar surface area (TPSA) is 76.1 Å². The molecule has 6 nitrogen and oxygen atoms in total. The number of hydrogen-bond acceptors (Lipinski definition) is 4. The number of hydrogen-bond donors (Lipinski definition) is 1. The Hall–Kier alpha value is -2.08. The van der Waals surface area contributed by atoms with Crippen molar-refractivity contribution in [2.24, 2.45) is 5.92 Å². The maximum absolute atomic E-state index is 12.7. The van der Waals surface area contributed by atoms with E-state index in [0.29, 0.717) is 50.5 Å². The predicted octanol–water partition coefficient (Wildman–Crippen LogP) is 2.04. The van der Waals surface area contributed by atoms with Crippen LogP contribution in [-0.4, -0.2) is 54.8 Å². The molecule has 1 heterocycles. The van der Waals surface area contributed by atoms with E-state index < -0.39 is 11.9 Å². The van der Waals surface area contributed by atoms with Crippen LogP contribution in [0.3, 0.4) is 0 Å². The summed E-state index contributed by atoms with van der Waals surface area (Å²) in [7, 11) is 0. The first-order valence-electron chi connectivity index (χ1n) is 7.95. The number of likely N-dealkylation sites (tertiary alicyclic amines) is 1. The van der Waals surface area contributed by atoms with Crippen LogP contribution < -0.4 is 4.74 Å². The number of para-hydroxylation sites is 1. The molecule has 0 saturated carbocycles. The maximum atomic E-state index is 12.7. The van der Waals surface area contributed by atoms with Crippen LogP contribution in [0.5, 0.6) is 5.75 Å². The SMILES string of the molecule is CCOCCOc1ccccc1C(=O)N1CCCC(C(=O)O)C1. The fourth-order valence-corrected chi connectivity index (χ4v) is 2.66. The van der Waals surface area contributed by atoms with Crippen molar-refractivity contribution < 1.29 is 24.2 Å². The lowest BCUT2D eigenvalue weighted by Gasteiger charge is -2.31. The number of rotatable bonds is 7. The van der Waals surface area contributed by atoms with Crippen LogP contribution in [0.2, 0.25) is 0 Å². The molecule has 0 aromatic heterocycles. The molecule has 1 aromatic carbocycles. The molecule has 0 spiro atoms. The second kappa shape index (κ2) is 8.53. The Morgan fingerprint density at radius 2 is 2.09 bits per heavy atom. The summed E-state index contributed by atoms with van der Waals surface area (Å²) in [6.45, 7) is 4.19. The number of carboxylic acids is 1. The molecule has 1 amide bonds. The van der Waals surface area contributed by atoms with Gasteiger partial charge in [-0.05, 0) is 31.9 Å². The summed E-state index contributed by atoms with van der Waals surface area (Å²) in [5.74, 6) is -1.000. The van der Waals surface area contributed by atoms with Gasteiger partial charge < -0.3 is 19.5 Å². The molecule has 1 aromatic rings. The molecule has 6 heteroatoms. The second-order valence-electron chi connectivity index (χ2n) is 5.47. The number of ether oxygens (including phenoxy) is 2. The predicted molar refractivity (Wildman–Crippen MR) is 84.7 cm³/mol. The second-order valence-corrected chi connectivity index (χ2v) is 5.47. The normalized spacial score (nSPS) is 17.8. The number of piperidine rings is 1. The van der Waals surface area contributed by atoms with E-state index in [1.165, 1.54) is 0 Å². The molecule has 1 atom stereocenters. The molecule has 2 rings (SSSR count). The number of carbonyl (C=O) groups excluding carboxylic acids is 1. The van der Waals surface area contributed by atoms with Crippen LogP contribution in [0, 0.1) is 5.92 Å². The standard InChI is InChI=1S/C17H23NO5/c1-2-22-10-11-23-15-8-4-3-7-14(15)16(19)18-9-5-6-13(12-18)17(20)21/h3-4,7-8,13H,2,5-6,9-12H2,1H3,(H,20,21). The van der Waals surface area contributed by atoms with Crippen LogP contribution >= 0.6 is 0 Å². The van der Waals surface area contributed by atoms with Crippen LogP contribution in [-0.2, 0) is 9.53 Å². The Morgan fingerprint density at radius 1 is 1.30 bits per heavy atom. The van der Waals surface area contributed by atoms with Crippen molar-refractivity contribution in [1.29, 1.82) is 0 Å². The van der Waals surface area contributed by atoms with Crippen molar-refractivity contribution in [3.8, 4) is 5.75 Å². The number of carbonyl (C=O) groups is 2. The molecule has 1 fully saturated rings. The molecular formula is C17H23NO5. The Morgan fingerprint density at radius 3 is 2.83 bits per heavy atom. The Bertz CT molecular complexity index is 546. The van der Waals surface area contributed by atoms with E-state index in [1.807, 2.05) is 13.0 Å². The number of aliphatic carboxylic acids is 1. The summed E-state index contributed by atoms with van der Waals surface area (Å²) in [5.41, 5.74) is 0.468. The largest absolute Gasteiger partial charge is 0.490 e. The van der Waals surface area contributed by atoms with Crippen molar-refractivity contribution >= 4 is 11.9 Å². The van der Waals surface area contributed by atoms with Gasteiger partial charge in [0.05, 0.1) is 18.1 Å². The van der Waals surface area contributed by atoms with Gasteiger partial charge in [0.1, 0.15) is 12.4 Å². The Kier molecular flexibility index (Phi) is 6.40. The number of nitrogens with zero attached hydrogens (tertiary/aromatic N) is 1. The summed E-state index contributed by atoms with van der Waals surface area (Å²) >= 11 is 0. The first-order valence-corrected chi connectivity index (χ1v) is 7.95. The maximum Gasteiger partial charge on any atom is 0.308 e. The first-order chi connectivity index (χ1) is 11.1. The van der Waals surface area contributed by atoms with E-state index in [2.05, 4.69) is 0 Å². The lowest BCUT2D eigenvalue weighted by molar-refractivity contribution is -0.143. The van der Waals surface area contributed by atoms with Crippen molar-refractivity contribution in [2.75, 3.05) is 32.9 Å². The van der Waals surface area contributed by atoms with Gasteiger partial charge in [-0.3, -0.25) is 9.59 Å². The van der Waals surface area contributed by atoms with E-state index in [9.17, 15) is 9.59 Å². The quantitative estimate of drug-likeness (QED) is 0.778. The smallest absolute Gasteiger partial charge is 0.308 e. The van der Waals surface area contributed by atoms with Crippen molar-refractivity contribution in [3.63, 3.8) is 0 Å². The zero-order chi connectivity index (χ0) is 16.7.